The fraction of sp³-hybridized carbons (Fsp3) is 0.500. The number of anilines is 1. The molecule has 0 aliphatic heterocycles. The summed E-state index contributed by atoms with van der Waals surface area (Å²) >= 11 is 3.40. The van der Waals surface area contributed by atoms with Crippen LogP contribution in [0.4, 0.5) is 5.69 Å². The van der Waals surface area contributed by atoms with Gasteiger partial charge >= 0.3 is 0 Å². The summed E-state index contributed by atoms with van der Waals surface area (Å²) in [6.07, 6.45) is 0. The lowest BCUT2D eigenvalue weighted by molar-refractivity contribution is -0.114. The molecular weight excluding hydrogens is 344 g/mol. The summed E-state index contributed by atoms with van der Waals surface area (Å²) in [7, 11) is 0. The van der Waals surface area contributed by atoms with Gasteiger partial charge in [-0.25, -0.2) is 4.99 Å². The fourth-order valence-corrected chi connectivity index (χ4v) is 2.07. The zero-order chi connectivity index (χ0) is 16.5. The molecule has 0 bridgehead atoms. The maximum Gasteiger partial charge on any atom is 0.246 e. The number of amides is 1. The van der Waals surface area contributed by atoms with E-state index < -0.39 is 0 Å². The number of hydrogen-bond acceptors (Lipinski definition) is 2. The summed E-state index contributed by atoms with van der Waals surface area (Å²) in [5.74, 6) is 1.04. The predicted molar refractivity (Wildman–Crippen MR) is 96.3 cm³/mol. The maximum absolute atomic E-state index is 12.0. The lowest BCUT2D eigenvalue weighted by atomic mass is 10.2. The molecule has 0 unspecified atom stereocenters. The van der Waals surface area contributed by atoms with E-state index in [0.29, 0.717) is 11.9 Å². The Hall–Kier alpha value is -1.56. The Labute approximate surface area is 141 Å². The maximum atomic E-state index is 12.0. The minimum atomic E-state index is -0.136. The fourth-order valence-electron chi connectivity index (χ4n) is 1.71. The molecule has 0 aromatic heterocycles. The van der Waals surface area contributed by atoms with E-state index in [9.17, 15) is 4.79 Å². The van der Waals surface area contributed by atoms with Crippen LogP contribution in [0.25, 0.3) is 0 Å². The van der Waals surface area contributed by atoms with Crippen LogP contribution in [0.5, 0.6) is 0 Å². The van der Waals surface area contributed by atoms with E-state index in [2.05, 4.69) is 50.7 Å². The van der Waals surface area contributed by atoms with Gasteiger partial charge in [0.15, 0.2) is 5.96 Å². The molecule has 5 nitrogen and oxygen atoms in total. The van der Waals surface area contributed by atoms with E-state index >= 15 is 0 Å². The van der Waals surface area contributed by atoms with Gasteiger partial charge in [-0.1, -0.05) is 35.8 Å². The highest BCUT2D eigenvalue weighted by Crippen LogP contribution is 2.20. The molecule has 122 valence electrons. The molecule has 0 saturated heterocycles. The van der Waals surface area contributed by atoms with Gasteiger partial charge in [0.05, 0.1) is 0 Å². The zero-order valence-corrected chi connectivity index (χ0v) is 15.3. The van der Waals surface area contributed by atoms with Crippen molar-refractivity contribution < 1.29 is 4.79 Å². The molecule has 22 heavy (non-hydrogen) atoms. The van der Waals surface area contributed by atoms with Crippen LogP contribution in [-0.2, 0) is 4.79 Å². The average molecular weight is 369 g/mol. The number of hydrogen-bond donors (Lipinski definition) is 3. The molecular formula is C16H25BrN4O. The number of benzene rings is 1. The SMILES string of the molecule is CCNC(=NCC(=O)Nc1cc(Br)ccc1C)NCC(C)C. The third kappa shape index (κ3) is 6.93. The normalized spacial score (nSPS) is 11.5. The van der Waals surface area contributed by atoms with Crippen LogP contribution in [-0.4, -0.2) is 31.5 Å². The van der Waals surface area contributed by atoms with E-state index in [1.165, 1.54) is 0 Å². The van der Waals surface area contributed by atoms with Crippen LogP contribution in [0.1, 0.15) is 26.3 Å². The number of carbonyl (C=O) groups is 1. The Morgan fingerprint density at radius 2 is 2.05 bits per heavy atom. The number of aryl methyl sites for hydroxylation is 1. The highest BCUT2D eigenvalue weighted by molar-refractivity contribution is 9.10. The van der Waals surface area contributed by atoms with Crippen molar-refractivity contribution in [3.8, 4) is 0 Å². The molecule has 0 heterocycles. The van der Waals surface area contributed by atoms with Crippen LogP contribution in [0, 0.1) is 12.8 Å². The third-order valence-electron chi connectivity index (χ3n) is 2.88. The monoisotopic (exact) mass is 368 g/mol. The Morgan fingerprint density at radius 1 is 1.32 bits per heavy atom. The van der Waals surface area contributed by atoms with E-state index in [1.807, 2.05) is 32.0 Å². The summed E-state index contributed by atoms with van der Waals surface area (Å²) in [6.45, 7) is 9.86. The van der Waals surface area contributed by atoms with E-state index in [-0.39, 0.29) is 12.5 Å². The van der Waals surface area contributed by atoms with Gasteiger partial charge in [0.2, 0.25) is 5.91 Å². The smallest absolute Gasteiger partial charge is 0.246 e. The first-order valence-electron chi connectivity index (χ1n) is 7.50. The number of carbonyl (C=O) groups excluding carboxylic acids is 1. The summed E-state index contributed by atoms with van der Waals surface area (Å²) in [5, 5.41) is 9.22. The number of guanidine groups is 1. The van der Waals surface area contributed by atoms with Crippen molar-refractivity contribution in [3.05, 3.63) is 28.2 Å². The molecule has 0 fully saturated rings. The molecule has 3 N–H and O–H groups in total. The van der Waals surface area contributed by atoms with Crippen molar-refractivity contribution in [1.82, 2.24) is 10.6 Å². The summed E-state index contributed by atoms with van der Waals surface area (Å²) in [4.78, 5) is 16.3. The highest BCUT2D eigenvalue weighted by Gasteiger charge is 2.06. The number of nitrogens with zero attached hydrogens (tertiary/aromatic N) is 1. The van der Waals surface area contributed by atoms with Crippen molar-refractivity contribution in [2.24, 2.45) is 10.9 Å². The van der Waals surface area contributed by atoms with Gasteiger partial charge in [-0.3, -0.25) is 4.79 Å². The molecule has 0 spiro atoms. The van der Waals surface area contributed by atoms with Crippen molar-refractivity contribution in [2.45, 2.75) is 27.7 Å². The van der Waals surface area contributed by atoms with Gasteiger partial charge in [-0.2, -0.15) is 0 Å². The first kappa shape index (κ1) is 18.5. The molecule has 0 aliphatic rings. The van der Waals surface area contributed by atoms with E-state index in [1.54, 1.807) is 0 Å². The Morgan fingerprint density at radius 3 is 2.68 bits per heavy atom. The van der Waals surface area contributed by atoms with Crippen LogP contribution in [0.2, 0.25) is 0 Å². The minimum absolute atomic E-state index is 0.0827. The first-order chi connectivity index (χ1) is 10.4. The molecule has 0 radical (unpaired) electrons. The molecule has 6 heteroatoms. The topological polar surface area (TPSA) is 65.5 Å². The number of aliphatic imine (C=N–C) groups is 1. The van der Waals surface area contributed by atoms with Crippen molar-refractivity contribution in [2.75, 3.05) is 25.0 Å². The summed E-state index contributed by atoms with van der Waals surface area (Å²) in [5.41, 5.74) is 1.82. The van der Waals surface area contributed by atoms with Crippen LogP contribution in [0.3, 0.4) is 0 Å². The summed E-state index contributed by atoms with van der Waals surface area (Å²) < 4.78 is 0.934. The van der Waals surface area contributed by atoms with Gasteiger partial charge in [0.25, 0.3) is 0 Å². The van der Waals surface area contributed by atoms with Gasteiger partial charge in [-0.15, -0.1) is 0 Å². The number of halogens is 1. The lowest BCUT2D eigenvalue weighted by Crippen LogP contribution is -2.39. The first-order valence-corrected chi connectivity index (χ1v) is 8.29. The standard InChI is InChI=1S/C16H25BrN4O/c1-5-18-16(19-9-11(2)3)20-10-15(22)21-14-8-13(17)7-6-12(14)4/h6-8,11H,5,9-10H2,1-4H3,(H,21,22)(H2,18,19,20). The Balaban J connectivity index is 2.61. The number of nitrogens with one attached hydrogen (secondary N) is 3. The number of rotatable bonds is 6. The van der Waals surface area contributed by atoms with Gasteiger partial charge in [-0.05, 0) is 37.5 Å². The molecule has 1 amide bonds. The van der Waals surface area contributed by atoms with Crippen LogP contribution < -0.4 is 16.0 Å². The molecule has 1 rings (SSSR count). The molecule has 0 atom stereocenters. The van der Waals surface area contributed by atoms with Gasteiger partial charge < -0.3 is 16.0 Å². The van der Waals surface area contributed by atoms with E-state index in [4.69, 9.17) is 0 Å². The molecule has 0 saturated carbocycles. The van der Waals surface area contributed by atoms with Crippen molar-refractivity contribution in [1.29, 1.82) is 0 Å². The van der Waals surface area contributed by atoms with E-state index in [0.717, 1.165) is 28.8 Å². The van der Waals surface area contributed by atoms with Crippen molar-refractivity contribution in [3.63, 3.8) is 0 Å². The van der Waals surface area contributed by atoms with Gasteiger partial charge in [0.1, 0.15) is 6.54 Å². The van der Waals surface area contributed by atoms with Crippen LogP contribution >= 0.6 is 15.9 Å². The predicted octanol–water partition coefficient (Wildman–Crippen LogP) is 2.91. The quantitative estimate of drug-likeness (QED) is 0.534. The van der Waals surface area contributed by atoms with Crippen molar-refractivity contribution >= 4 is 33.5 Å². The zero-order valence-electron chi connectivity index (χ0n) is 13.7. The Bertz CT molecular complexity index is 529. The van der Waals surface area contributed by atoms with Crippen LogP contribution in [0.15, 0.2) is 27.7 Å². The second-order valence-electron chi connectivity index (χ2n) is 5.48. The average Bonchev–Trinajstić information content (AvgIpc) is 2.45. The summed E-state index contributed by atoms with van der Waals surface area (Å²) in [6, 6.07) is 5.79. The second kappa shape index (κ2) is 9.46. The molecule has 1 aromatic carbocycles. The molecule has 1 aromatic rings. The highest BCUT2D eigenvalue weighted by atomic mass is 79.9. The minimum Gasteiger partial charge on any atom is -0.357 e. The second-order valence-corrected chi connectivity index (χ2v) is 6.39. The largest absolute Gasteiger partial charge is 0.357 e. The lowest BCUT2D eigenvalue weighted by Gasteiger charge is -2.13. The Kier molecular flexibility index (Phi) is 7.95. The van der Waals surface area contributed by atoms with Gasteiger partial charge in [0, 0.05) is 23.2 Å². The molecule has 0 aliphatic carbocycles. The third-order valence-corrected chi connectivity index (χ3v) is 3.37.